The quantitative estimate of drug-likeness (QED) is 0.818. The molecule has 0 saturated carbocycles. The van der Waals surface area contributed by atoms with Crippen LogP contribution in [0.15, 0.2) is 35.7 Å². The first-order valence-corrected chi connectivity index (χ1v) is 11.3. The third-order valence-electron chi connectivity index (χ3n) is 6.06. The number of amides is 2. The topological polar surface area (TPSA) is 61.9 Å². The number of ether oxygens (including phenoxy) is 1. The van der Waals surface area contributed by atoms with Crippen molar-refractivity contribution in [2.45, 2.75) is 44.9 Å². The molecule has 1 fully saturated rings. The van der Waals surface area contributed by atoms with Crippen molar-refractivity contribution < 1.29 is 14.3 Å². The molecule has 2 aliphatic rings. The van der Waals surface area contributed by atoms with Crippen LogP contribution >= 0.6 is 11.3 Å². The highest BCUT2D eigenvalue weighted by atomic mass is 32.1. The molecule has 1 spiro atoms. The van der Waals surface area contributed by atoms with Crippen molar-refractivity contribution in [3.8, 4) is 5.75 Å². The van der Waals surface area contributed by atoms with E-state index < -0.39 is 6.04 Å². The number of carbonyl (C=O) groups is 2. The second kappa shape index (κ2) is 8.40. The van der Waals surface area contributed by atoms with Gasteiger partial charge in [-0.15, -0.1) is 11.3 Å². The van der Waals surface area contributed by atoms with E-state index in [1.807, 2.05) is 29.3 Å². The van der Waals surface area contributed by atoms with E-state index in [2.05, 4.69) is 29.4 Å². The van der Waals surface area contributed by atoms with Gasteiger partial charge in [0.15, 0.2) is 0 Å². The smallest absolute Gasteiger partial charge is 0.261 e. The molecule has 1 unspecified atom stereocenters. The Labute approximate surface area is 181 Å². The molecule has 160 valence electrons. The van der Waals surface area contributed by atoms with E-state index >= 15 is 0 Å². The predicted molar refractivity (Wildman–Crippen MR) is 118 cm³/mol. The molecule has 0 aliphatic carbocycles. The molecule has 3 heterocycles. The average Bonchev–Trinajstić information content (AvgIpc) is 3.21. The lowest BCUT2D eigenvalue weighted by Gasteiger charge is -2.42. The summed E-state index contributed by atoms with van der Waals surface area (Å²) in [5, 5.41) is 4.72. The zero-order valence-corrected chi connectivity index (χ0v) is 18.6. The fourth-order valence-corrected chi connectivity index (χ4v) is 4.89. The first-order chi connectivity index (χ1) is 14.3. The van der Waals surface area contributed by atoms with E-state index in [1.54, 1.807) is 13.0 Å². The maximum absolute atomic E-state index is 13.4. The lowest BCUT2D eigenvalue weighted by atomic mass is 9.90. The van der Waals surface area contributed by atoms with Gasteiger partial charge in [-0.2, -0.15) is 0 Å². The molecular formula is C23H29N3O3S. The Bertz CT molecular complexity index is 920. The van der Waals surface area contributed by atoms with Crippen molar-refractivity contribution in [1.82, 2.24) is 15.1 Å². The third-order valence-corrected chi connectivity index (χ3v) is 6.92. The number of carbonyl (C=O) groups excluding carboxylic acids is 2. The first kappa shape index (κ1) is 20.9. The van der Waals surface area contributed by atoms with Crippen LogP contribution in [0, 0.1) is 6.92 Å². The summed E-state index contributed by atoms with van der Waals surface area (Å²) < 4.78 is 6.58. The van der Waals surface area contributed by atoms with E-state index in [9.17, 15) is 9.59 Å². The van der Waals surface area contributed by atoms with E-state index in [1.165, 1.54) is 11.3 Å². The molecule has 0 bridgehead atoms. The first-order valence-electron chi connectivity index (χ1n) is 10.5. The lowest BCUT2D eigenvalue weighted by molar-refractivity contribution is -0.136. The minimum Gasteiger partial charge on any atom is -0.485 e. The highest BCUT2D eigenvalue weighted by molar-refractivity contribution is 7.12. The summed E-state index contributed by atoms with van der Waals surface area (Å²) in [7, 11) is 2.12. The van der Waals surface area contributed by atoms with Gasteiger partial charge in [-0.3, -0.25) is 9.59 Å². The molecule has 0 radical (unpaired) electrons. The fourth-order valence-electron chi connectivity index (χ4n) is 4.26. The summed E-state index contributed by atoms with van der Waals surface area (Å²) in [6.07, 6.45) is 1.74. The minimum atomic E-state index is -0.603. The summed E-state index contributed by atoms with van der Waals surface area (Å²) >= 11 is 1.37. The highest BCUT2D eigenvalue weighted by Crippen LogP contribution is 2.36. The second-order valence-corrected chi connectivity index (χ2v) is 9.51. The fraction of sp³-hybridized carbons (Fsp3) is 0.478. The molecule has 1 aromatic heterocycles. The molecule has 4 rings (SSSR count). The molecule has 1 atom stereocenters. The van der Waals surface area contributed by atoms with Crippen LogP contribution in [0.25, 0.3) is 0 Å². The third kappa shape index (κ3) is 4.37. The number of thiophene rings is 1. The molecule has 30 heavy (non-hydrogen) atoms. The van der Waals surface area contributed by atoms with Crippen molar-refractivity contribution in [1.29, 1.82) is 0 Å². The zero-order chi connectivity index (χ0) is 21.3. The van der Waals surface area contributed by atoms with Crippen molar-refractivity contribution in [3.63, 3.8) is 0 Å². The molecule has 7 heteroatoms. The molecule has 2 aliphatic heterocycles. The number of benzene rings is 1. The van der Waals surface area contributed by atoms with E-state index in [0.29, 0.717) is 18.0 Å². The van der Waals surface area contributed by atoms with Gasteiger partial charge in [0.05, 0.1) is 11.4 Å². The van der Waals surface area contributed by atoms with Gasteiger partial charge in [-0.25, -0.2) is 0 Å². The maximum atomic E-state index is 13.4. The van der Waals surface area contributed by atoms with E-state index in [-0.39, 0.29) is 17.4 Å². The minimum absolute atomic E-state index is 0.0730. The van der Waals surface area contributed by atoms with Crippen LogP contribution in [-0.4, -0.2) is 59.9 Å². The maximum Gasteiger partial charge on any atom is 0.261 e. The van der Waals surface area contributed by atoms with Crippen LogP contribution in [0.1, 0.15) is 40.6 Å². The van der Waals surface area contributed by atoms with Gasteiger partial charge in [0.1, 0.15) is 17.4 Å². The SMILES string of the molecule is Cc1ccc2c(c1)CN(C(=O)C(C)NC(=O)c1cccs1)CC1(CCN(C)CC1)O2. The van der Waals surface area contributed by atoms with E-state index in [0.717, 1.165) is 42.8 Å². The number of likely N-dealkylation sites (tertiary alicyclic amines) is 1. The zero-order valence-electron chi connectivity index (χ0n) is 17.8. The Kier molecular flexibility index (Phi) is 5.84. The van der Waals surface area contributed by atoms with Crippen LogP contribution < -0.4 is 10.1 Å². The predicted octanol–water partition coefficient (Wildman–Crippen LogP) is 3.06. The van der Waals surface area contributed by atoms with Gasteiger partial charge >= 0.3 is 0 Å². The molecule has 2 aromatic rings. The normalized spacial score (nSPS) is 19.5. The summed E-state index contributed by atoms with van der Waals surface area (Å²) in [5.41, 5.74) is 1.78. The van der Waals surface area contributed by atoms with Crippen molar-refractivity contribution in [2.75, 3.05) is 26.7 Å². The van der Waals surface area contributed by atoms with Gasteiger partial charge in [0.2, 0.25) is 5.91 Å². The number of rotatable bonds is 3. The largest absolute Gasteiger partial charge is 0.485 e. The summed E-state index contributed by atoms with van der Waals surface area (Å²) in [4.78, 5) is 30.6. The Morgan fingerprint density at radius 1 is 1.23 bits per heavy atom. The van der Waals surface area contributed by atoms with Crippen LogP contribution in [-0.2, 0) is 11.3 Å². The van der Waals surface area contributed by atoms with Crippen LogP contribution in [0.4, 0.5) is 0 Å². The van der Waals surface area contributed by atoms with Crippen molar-refractivity contribution >= 4 is 23.2 Å². The monoisotopic (exact) mass is 427 g/mol. The van der Waals surface area contributed by atoms with Crippen molar-refractivity contribution in [2.24, 2.45) is 0 Å². The number of aryl methyl sites for hydroxylation is 1. The summed E-state index contributed by atoms with van der Waals surface area (Å²) in [5.74, 6) is 0.592. The van der Waals surface area contributed by atoms with Gasteiger partial charge in [-0.05, 0) is 38.4 Å². The summed E-state index contributed by atoms with van der Waals surface area (Å²) in [6, 6.07) is 9.18. The Hall–Kier alpha value is -2.38. The van der Waals surface area contributed by atoms with Gasteiger partial charge in [0.25, 0.3) is 5.91 Å². The number of nitrogens with one attached hydrogen (secondary N) is 1. The second-order valence-electron chi connectivity index (χ2n) is 8.57. The number of fused-ring (bicyclic) bond motifs is 1. The van der Waals surface area contributed by atoms with E-state index in [4.69, 9.17) is 4.74 Å². The number of hydrogen-bond acceptors (Lipinski definition) is 5. The van der Waals surface area contributed by atoms with Crippen LogP contribution in [0.5, 0.6) is 5.75 Å². The molecule has 2 amide bonds. The Morgan fingerprint density at radius 3 is 2.70 bits per heavy atom. The van der Waals surface area contributed by atoms with Crippen LogP contribution in [0.2, 0.25) is 0 Å². The Balaban J connectivity index is 1.57. The van der Waals surface area contributed by atoms with Crippen molar-refractivity contribution in [3.05, 3.63) is 51.7 Å². The molecular weight excluding hydrogens is 398 g/mol. The molecule has 6 nitrogen and oxygen atoms in total. The molecule has 1 N–H and O–H groups in total. The standard InChI is InChI=1S/C23H29N3O3S/c1-16-6-7-19-18(13-16)14-26(15-23(29-19)8-10-25(3)11-9-23)22(28)17(2)24-21(27)20-5-4-12-30-20/h4-7,12-13,17H,8-11,14-15H2,1-3H3,(H,24,27). The number of hydrogen-bond donors (Lipinski definition) is 1. The summed E-state index contributed by atoms with van der Waals surface area (Å²) in [6.45, 7) is 6.71. The lowest BCUT2D eigenvalue weighted by Crippen LogP contribution is -2.56. The van der Waals surface area contributed by atoms with Gasteiger partial charge in [-0.1, -0.05) is 23.8 Å². The number of nitrogens with zero attached hydrogens (tertiary/aromatic N) is 2. The highest BCUT2D eigenvalue weighted by Gasteiger charge is 2.42. The Morgan fingerprint density at radius 2 is 2.00 bits per heavy atom. The molecule has 1 aromatic carbocycles. The molecule has 1 saturated heterocycles. The van der Waals surface area contributed by atoms with Gasteiger partial charge < -0.3 is 19.9 Å². The average molecular weight is 428 g/mol. The van der Waals surface area contributed by atoms with Gasteiger partial charge in [0, 0.05) is 38.0 Å². The number of piperidine rings is 1. The van der Waals surface area contributed by atoms with Crippen LogP contribution in [0.3, 0.4) is 0 Å².